The van der Waals surface area contributed by atoms with Crippen molar-refractivity contribution in [3.63, 3.8) is 0 Å². The monoisotopic (exact) mass is 265 g/mol. The summed E-state index contributed by atoms with van der Waals surface area (Å²) in [6.07, 6.45) is 1.72. The van der Waals surface area contributed by atoms with Crippen LogP contribution in [0.2, 0.25) is 0 Å². The molecular weight excluding hydrogens is 257 g/mol. The van der Waals surface area contributed by atoms with E-state index in [1.165, 1.54) is 0 Å². The maximum atomic E-state index is 13.6. The van der Waals surface area contributed by atoms with Crippen molar-refractivity contribution in [1.82, 2.24) is 20.2 Å². The zero-order chi connectivity index (χ0) is 13.6. The topological polar surface area (TPSA) is 107 Å². The fourth-order valence-corrected chi connectivity index (χ4v) is 1.97. The van der Waals surface area contributed by atoms with Crippen LogP contribution in [0.1, 0.15) is 24.3 Å². The van der Waals surface area contributed by atoms with Crippen molar-refractivity contribution in [2.45, 2.75) is 18.8 Å². The van der Waals surface area contributed by atoms with Crippen molar-refractivity contribution in [3.05, 3.63) is 44.1 Å². The predicted molar refractivity (Wildman–Crippen MR) is 60.6 cm³/mol. The summed E-state index contributed by atoms with van der Waals surface area (Å²) in [4.78, 5) is 21.4. The molecule has 1 saturated carbocycles. The molecule has 1 aromatic carbocycles. The highest BCUT2D eigenvalue weighted by atomic mass is 19.1. The molecule has 1 heterocycles. The van der Waals surface area contributed by atoms with E-state index in [9.17, 15) is 19.3 Å². The van der Waals surface area contributed by atoms with Crippen LogP contribution in [0.25, 0.3) is 5.69 Å². The molecule has 0 bridgehead atoms. The van der Waals surface area contributed by atoms with Gasteiger partial charge in [0.05, 0.1) is 10.6 Å². The molecule has 0 amide bonds. The van der Waals surface area contributed by atoms with Crippen LogP contribution in [0.3, 0.4) is 0 Å². The molecule has 0 radical (unpaired) electrons. The fraction of sp³-hybridized carbons (Fsp3) is 0.300. The summed E-state index contributed by atoms with van der Waals surface area (Å²) in [5, 5.41) is 19.7. The standard InChI is InChI=1S/C10H8FN5O3/c11-7-3-6(5-1-2-5)8(4-9(7)16(18)19)15-10(17)12-13-14-15/h3-5H,1-2H2,(H,12,14,17). The minimum absolute atomic E-state index is 0.105. The Morgan fingerprint density at radius 2 is 2.21 bits per heavy atom. The molecule has 19 heavy (non-hydrogen) atoms. The van der Waals surface area contributed by atoms with Gasteiger partial charge < -0.3 is 0 Å². The SMILES string of the molecule is O=c1[nH]nnn1-c1cc([N+](=O)[O-])c(F)cc1C1CC1. The maximum Gasteiger partial charge on any atom is 0.365 e. The first kappa shape index (κ1) is 11.5. The largest absolute Gasteiger partial charge is 0.365 e. The highest BCUT2D eigenvalue weighted by Gasteiger charge is 2.31. The van der Waals surface area contributed by atoms with Gasteiger partial charge in [0.1, 0.15) is 0 Å². The van der Waals surface area contributed by atoms with Gasteiger partial charge in [0.15, 0.2) is 0 Å². The minimum atomic E-state index is -0.910. The summed E-state index contributed by atoms with van der Waals surface area (Å²) in [7, 11) is 0. The summed E-state index contributed by atoms with van der Waals surface area (Å²) in [6.45, 7) is 0. The van der Waals surface area contributed by atoms with Crippen LogP contribution in [0, 0.1) is 15.9 Å². The van der Waals surface area contributed by atoms with Crippen LogP contribution in [-0.4, -0.2) is 25.1 Å². The number of tetrazole rings is 1. The van der Waals surface area contributed by atoms with Gasteiger partial charge in [-0.15, -0.1) is 0 Å². The number of benzene rings is 1. The molecule has 1 N–H and O–H groups in total. The van der Waals surface area contributed by atoms with Crippen LogP contribution in [-0.2, 0) is 0 Å². The molecule has 9 heteroatoms. The number of nitro groups is 1. The van der Waals surface area contributed by atoms with E-state index in [1.54, 1.807) is 0 Å². The van der Waals surface area contributed by atoms with Gasteiger partial charge in [0.25, 0.3) is 0 Å². The van der Waals surface area contributed by atoms with Gasteiger partial charge in [0, 0.05) is 6.07 Å². The molecule has 1 aliphatic rings. The van der Waals surface area contributed by atoms with Crippen molar-refractivity contribution in [1.29, 1.82) is 0 Å². The van der Waals surface area contributed by atoms with Gasteiger partial charge in [-0.05, 0) is 40.8 Å². The molecule has 3 rings (SSSR count). The molecule has 0 spiro atoms. The summed E-state index contributed by atoms with van der Waals surface area (Å²) < 4.78 is 14.5. The van der Waals surface area contributed by atoms with Crippen molar-refractivity contribution in [2.75, 3.05) is 0 Å². The molecule has 0 unspecified atom stereocenters. The van der Waals surface area contributed by atoms with Crippen LogP contribution < -0.4 is 5.69 Å². The summed E-state index contributed by atoms with van der Waals surface area (Å²) in [5.74, 6) is -0.805. The van der Waals surface area contributed by atoms with Gasteiger partial charge in [-0.3, -0.25) is 10.1 Å². The molecule has 0 saturated heterocycles. The number of nitro benzene ring substituents is 1. The Kier molecular flexibility index (Phi) is 2.40. The lowest BCUT2D eigenvalue weighted by Crippen LogP contribution is -2.18. The zero-order valence-electron chi connectivity index (χ0n) is 9.54. The van der Waals surface area contributed by atoms with Gasteiger partial charge >= 0.3 is 11.4 Å². The predicted octanol–water partition coefficient (Wildman–Crippen LogP) is 0.880. The second-order valence-electron chi connectivity index (χ2n) is 4.31. The molecular formula is C10H8FN5O3. The van der Waals surface area contributed by atoms with Crippen LogP contribution >= 0.6 is 0 Å². The summed E-state index contributed by atoms with van der Waals surface area (Å²) >= 11 is 0. The smallest absolute Gasteiger partial charge is 0.258 e. The van der Waals surface area contributed by atoms with Crippen molar-refractivity contribution < 1.29 is 9.31 Å². The highest BCUT2D eigenvalue weighted by Crippen LogP contribution is 2.43. The average molecular weight is 265 g/mol. The first-order valence-corrected chi connectivity index (χ1v) is 5.56. The lowest BCUT2D eigenvalue weighted by Gasteiger charge is -2.07. The number of hydrogen-bond donors (Lipinski definition) is 1. The normalized spacial score (nSPS) is 14.6. The quantitative estimate of drug-likeness (QED) is 0.654. The maximum absolute atomic E-state index is 13.6. The van der Waals surface area contributed by atoms with Gasteiger partial charge in [-0.1, -0.05) is 0 Å². The second-order valence-corrected chi connectivity index (χ2v) is 4.31. The summed E-state index contributed by atoms with van der Waals surface area (Å²) in [5.41, 5.74) is -0.564. The third-order valence-electron chi connectivity index (χ3n) is 3.01. The van der Waals surface area contributed by atoms with E-state index in [1.807, 2.05) is 0 Å². The number of nitrogens with one attached hydrogen (secondary N) is 1. The number of aromatic nitrogens is 4. The average Bonchev–Trinajstić information content (AvgIpc) is 3.12. The Balaban J connectivity index is 2.26. The van der Waals surface area contributed by atoms with Crippen molar-refractivity contribution in [2.24, 2.45) is 0 Å². The number of aromatic amines is 1. The van der Waals surface area contributed by atoms with Gasteiger partial charge in [-0.2, -0.15) is 9.07 Å². The van der Waals surface area contributed by atoms with Gasteiger partial charge in [-0.25, -0.2) is 9.89 Å². The zero-order valence-corrected chi connectivity index (χ0v) is 9.54. The number of rotatable bonds is 3. The third-order valence-corrected chi connectivity index (χ3v) is 3.01. The van der Waals surface area contributed by atoms with Crippen LogP contribution in [0.5, 0.6) is 0 Å². The number of halogens is 1. The summed E-state index contributed by atoms with van der Waals surface area (Å²) in [6, 6.07) is 2.12. The fourth-order valence-electron chi connectivity index (χ4n) is 1.97. The Bertz CT molecular complexity index is 718. The van der Waals surface area contributed by atoms with Crippen LogP contribution in [0.15, 0.2) is 16.9 Å². The molecule has 98 valence electrons. The minimum Gasteiger partial charge on any atom is -0.258 e. The van der Waals surface area contributed by atoms with Gasteiger partial charge in [0.2, 0.25) is 5.82 Å². The number of H-pyrrole nitrogens is 1. The lowest BCUT2D eigenvalue weighted by molar-refractivity contribution is -0.387. The van der Waals surface area contributed by atoms with E-state index < -0.39 is 22.1 Å². The molecule has 2 aromatic rings. The van der Waals surface area contributed by atoms with Crippen LogP contribution in [0.4, 0.5) is 10.1 Å². The molecule has 0 atom stereocenters. The second kappa shape index (κ2) is 3.97. The third kappa shape index (κ3) is 1.88. The van der Waals surface area contributed by atoms with Crippen molar-refractivity contribution in [3.8, 4) is 5.69 Å². The lowest BCUT2D eigenvalue weighted by atomic mass is 10.1. The van der Waals surface area contributed by atoms with E-state index in [4.69, 9.17) is 0 Å². The Morgan fingerprint density at radius 1 is 1.47 bits per heavy atom. The first-order chi connectivity index (χ1) is 9.08. The van der Waals surface area contributed by atoms with E-state index in [-0.39, 0.29) is 11.6 Å². The Morgan fingerprint density at radius 3 is 2.74 bits per heavy atom. The number of hydrogen-bond acceptors (Lipinski definition) is 5. The van der Waals surface area contributed by atoms with E-state index in [0.717, 1.165) is 29.7 Å². The number of nitrogens with zero attached hydrogens (tertiary/aromatic N) is 4. The van der Waals surface area contributed by atoms with E-state index >= 15 is 0 Å². The Labute approximate surface area is 105 Å². The molecule has 1 aliphatic carbocycles. The first-order valence-electron chi connectivity index (χ1n) is 5.56. The molecule has 8 nitrogen and oxygen atoms in total. The van der Waals surface area contributed by atoms with E-state index in [2.05, 4.69) is 15.5 Å². The molecule has 0 aliphatic heterocycles. The van der Waals surface area contributed by atoms with E-state index in [0.29, 0.717) is 5.56 Å². The highest BCUT2D eigenvalue weighted by molar-refractivity contribution is 5.52. The molecule has 1 aromatic heterocycles. The molecule has 1 fully saturated rings. The Hall–Kier alpha value is -2.58. The van der Waals surface area contributed by atoms with Crippen molar-refractivity contribution >= 4 is 5.69 Å².